The van der Waals surface area contributed by atoms with E-state index in [1.807, 2.05) is 48.5 Å². The molecule has 0 unspecified atom stereocenters. The van der Waals surface area contributed by atoms with Crippen molar-refractivity contribution in [3.8, 4) is 0 Å². The average molecular weight is 349 g/mol. The second-order valence-corrected chi connectivity index (χ2v) is 6.07. The molecule has 0 bridgehead atoms. The molecule has 5 nitrogen and oxygen atoms in total. The summed E-state index contributed by atoms with van der Waals surface area (Å²) in [4.78, 5) is 21.9. The van der Waals surface area contributed by atoms with Gasteiger partial charge in [0, 0.05) is 19.4 Å². The first-order valence-corrected chi connectivity index (χ1v) is 8.45. The van der Waals surface area contributed by atoms with Crippen molar-refractivity contribution in [1.82, 2.24) is 0 Å². The fraction of sp³-hybridized carbons (Fsp3) is 0.190. The Labute approximate surface area is 151 Å². The summed E-state index contributed by atoms with van der Waals surface area (Å²) in [6.07, 6.45) is 2.28. The Morgan fingerprint density at radius 3 is 2.42 bits per heavy atom. The van der Waals surface area contributed by atoms with Gasteiger partial charge in [0.1, 0.15) is 0 Å². The van der Waals surface area contributed by atoms with Crippen molar-refractivity contribution in [2.75, 3.05) is 6.61 Å². The first-order valence-electron chi connectivity index (χ1n) is 8.45. The Bertz CT molecular complexity index is 1010. The minimum absolute atomic E-state index is 0.109. The summed E-state index contributed by atoms with van der Waals surface area (Å²) >= 11 is 0. The highest BCUT2D eigenvalue weighted by atomic mass is 16.6. The first-order chi connectivity index (χ1) is 12.6. The minimum atomic E-state index is -0.378. The first kappa shape index (κ1) is 17.6. The van der Waals surface area contributed by atoms with Crippen LogP contribution in [0.1, 0.15) is 25.3 Å². The van der Waals surface area contributed by atoms with Crippen LogP contribution in [0.2, 0.25) is 0 Å². The smallest absolute Gasteiger partial charge is 0.302 e. The zero-order valence-electron chi connectivity index (χ0n) is 14.5. The topological polar surface area (TPSA) is 69.4 Å². The molecule has 0 heterocycles. The van der Waals surface area contributed by atoms with Crippen molar-refractivity contribution in [1.29, 1.82) is 0 Å². The van der Waals surface area contributed by atoms with Crippen molar-refractivity contribution in [2.24, 2.45) is 0 Å². The van der Waals surface area contributed by atoms with Gasteiger partial charge in [0.2, 0.25) is 5.70 Å². The highest BCUT2D eigenvalue weighted by molar-refractivity contribution is 6.10. The van der Waals surface area contributed by atoms with Gasteiger partial charge in [-0.1, -0.05) is 48.5 Å². The minimum Gasteiger partial charge on any atom is -0.466 e. The molecule has 0 saturated carbocycles. The van der Waals surface area contributed by atoms with E-state index in [1.165, 1.54) is 6.92 Å². The lowest BCUT2D eigenvalue weighted by molar-refractivity contribution is -0.426. The number of benzene rings is 3. The number of hydrogen-bond donors (Lipinski definition) is 0. The Morgan fingerprint density at radius 2 is 1.73 bits per heavy atom. The maximum atomic E-state index is 11.5. The van der Waals surface area contributed by atoms with Gasteiger partial charge in [-0.05, 0) is 39.6 Å². The number of carbonyl (C=O) groups excluding carboxylic acids is 1. The molecule has 0 aliphatic carbocycles. The lowest BCUT2D eigenvalue weighted by Crippen LogP contribution is -2.04. The van der Waals surface area contributed by atoms with Gasteiger partial charge >= 0.3 is 5.97 Å². The van der Waals surface area contributed by atoms with E-state index in [0.717, 1.165) is 27.1 Å². The summed E-state index contributed by atoms with van der Waals surface area (Å²) in [5.74, 6) is -0.378. The van der Waals surface area contributed by atoms with Gasteiger partial charge in [-0.25, -0.2) is 0 Å². The molecule has 0 aromatic heterocycles. The molecule has 0 saturated heterocycles. The molecule has 3 aromatic carbocycles. The molecule has 132 valence electrons. The zero-order valence-corrected chi connectivity index (χ0v) is 14.5. The van der Waals surface area contributed by atoms with Crippen molar-refractivity contribution >= 4 is 33.6 Å². The van der Waals surface area contributed by atoms with Gasteiger partial charge < -0.3 is 4.74 Å². The molecule has 0 spiro atoms. The molecule has 0 amide bonds. The molecule has 5 heteroatoms. The molecule has 0 aliphatic heterocycles. The van der Waals surface area contributed by atoms with Crippen LogP contribution < -0.4 is 0 Å². The normalized spacial score (nSPS) is 11.7. The second-order valence-electron chi connectivity index (χ2n) is 6.07. The third-order valence-corrected chi connectivity index (χ3v) is 4.24. The highest BCUT2D eigenvalue weighted by Crippen LogP contribution is 2.30. The summed E-state index contributed by atoms with van der Waals surface area (Å²) < 4.78 is 4.86. The zero-order chi connectivity index (χ0) is 18.5. The number of hydrogen-bond acceptors (Lipinski definition) is 4. The van der Waals surface area contributed by atoms with E-state index in [4.69, 9.17) is 4.74 Å². The summed E-state index contributed by atoms with van der Waals surface area (Å²) in [5, 5.41) is 15.7. The molecule has 0 radical (unpaired) electrons. The molecule has 26 heavy (non-hydrogen) atoms. The van der Waals surface area contributed by atoms with Crippen molar-refractivity contribution < 1.29 is 14.5 Å². The van der Waals surface area contributed by atoms with E-state index in [-0.39, 0.29) is 29.6 Å². The Kier molecular flexibility index (Phi) is 5.27. The number of carbonyl (C=O) groups is 1. The van der Waals surface area contributed by atoms with Gasteiger partial charge in [-0.15, -0.1) is 0 Å². The van der Waals surface area contributed by atoms with Crippen LogP contribution in [-0.2, 0) is 9.53 Å². The standard InChI is InChI=1S/C21H19NO4/c1-15(23)26-12-6-8-18(22(24)25)14-17-13-16-7-2-3-9-19(16)21-11-5-4-10-20(17)21/h2-5,7,9-11,13-14H,6,8,12H2,1H3/b18-14+. The van der Waals surface area contributed by atoms with Crippen LogP contribution in [0.4, 0.5) is 0 Å². The van der Waals surface area contributed by atoms with E-state index in [0.29, 0.717) is 6.42 Å². The maximum absolute atomic E-state index is 11.5. The third-order valence-electron chi connectivity index (χ3n) is 4.24. The summed E-state index contributed by atoms with van der Waals surface area (Å²) in [6, 6.07) is 17.9. The van der Waals surface area contributed by atoms with Gasteiger partial charge in [-0.3, -0.25) is 14.9 Å². The van der Waals surface area contributed by atoms with Crippen LogP contribution in [0.3, 0.4) is 0 Å². The van der Waals surface area contributed by atoms with Crippen LogP contribution in [0.5, 0.6) is 0 Å². The number of nitro groups is 1. The highest BCUT2D eigenvalue weighted by Gasteiger charge is 2.13. The average Bonchev–Trinajstić information content (AvgIpc) is 2.63. The lowest BCUT2D eigenvalue weighted by atomic mass is 9.96. The Hall–Kier alpha value is -3.21. The van der Waals surface area contributed by atoms with Gasteiger partial charge in [0.05, 0.1) is 11.5 Å². The number of ether oxygens (including phenoxy) is 1. The quantitative estimate of drug-likeness (QED) is 0.207. The molecule has 0 fully saturated rings. The number of esters is 1. The molecule has 0 N–H and O–H groups in total. The van der Waals surface area contributed by atoms with E-state index in [9.17, 15) is 14.9 Å². The van der Waals surface area contributed by atoms with Crippen LogP contribution in [-0.4, -0.2) is 17.5 Å². The van der Waals surface area contributed by atoms with Crippen LogP contribution in [0.25, 0.3) is 27.6 Å². The largest absolute Gasteiger partial charge is 0.466 e. The summed E-state index contributed by atoms with van der Waals surface area (Å²) in [5.41, 5.74) is 0.927. The summed E-state index contributed by atoms with van der Waals surface area (Å²) in [6.45, 7) is 1.50. The van der Waals surface area contributed by atoms with E-state index < -0.39 is 0 Å². The number of nitrogens with zero attached hydrogens (tertiary/aromatic N) is 1. The van der Waals surface area contributed by atoms with Crippen LogP contribution in [0, 0.1) is 10.1 Å². The van der Waals surface area contributed by atoms with Gasteiger partial charge in [0.25, 0.3) is 0 Å². The van der Waals surface area contributed by atoms with Crippen LogP contribution >= 0.6 is 0 Å². The fourth-order valence-corrected chi connectivity index (χ4v) is 3.07. The number of fused-ring (bicyclic) bond motifs is 3. The van der Waals surface area contributed by atoms with Crippen molar-refractivity contribution in [3.05, 3.63) is 76.0 Å². The summed E-state index contributed by atoms with van der Waals surface area (Å²) in [7, 11) is 0. The second kappa shape index (κ2) is 7.78. The molecule has 0 aliphatic rings. The monoisotopic (exact) mass is 349 g/mol. The number of rotatable bonds is 6. The predicted molar refractivity (Wildman–Crippen MR) is 102 cm³/mol. The van der Waals surface area contributed by atoms with Crippen molar-refractivity contribution in [2.45, 2.75) is 19.8 Å². The maximum Gasteiger partial charge on any atom is 0.302 e. The molecule has 3 rings (SSSR count). The van der Waals surface area contributed by atoms with E-state index in [2.05, 4.69) is 6.07 Å². The van der Waals surface area contributed by atoms with E-state index in [1.54, 1.807) is 6.08 Å². The lowest BCUT2D eigenvalue weighted by Gasteiger charge is -2.08. The van der Waals surface area contributed by atoms with E-state index >= 15 is 0 Å². The SMILES string of the molecule is CC(=O)OCCC/C(=C\c1cc2ccccc2c2ccccc12)[N+](=O)[O-]. The van der Waals surface area contributed by atoms with Crippen LogP contribution in [0.15, 0.2) is 60.3 Å². The Balaban J connectivity index is 2.02. The Morgan fingerprint density at radius 1 is 1.08 bits per heavy atom. The van der Waals surface area contributed by atoms with Crippen molar-refractivity contribution in [3.63, 3.8) is 0 Å². The molecule has 3 aromatic rings. The fourth-order valence-electron chi connectivity index (χ4n) is 3.07. The van der Waals surface area contributed by atoms with Gasteiger partial charge in [0.15, 0.2) is 0 Å². The third kappa shape index (κ3) is 3.88. The number of allylic oxidation sites excluding steroid dienone is 1. The predicted octanol–water partition coefficient (Wildman–Crippen LogP) is 4.95. The van der Waals surface area contributed by atoms with Gasteiger partial charge in [-0.2, -0.15) is 0 Å². The molecule has 0 atom stereocenters. The molecular weight excluding hydrogens is 330 g/mol. The molecular formula is C21H19NO4.